The van der Waals surface area contributed by atoms with Crippen molar-refractivity contribution in [1.82, 2.24) is 0 Å². The highest BCUT2D eigenvalue weighted by Crippen LogP contribution is 2.32. The minimum absolute atomic E-state index is 0.230. The number of rotatable bonds is 10. The van der Waals surface area contributed by atoms with Gasteiger partial charge in [-0.3, -0.25) is 0 Å². The number of benzene rings is 2. The summed E-state index contributed by atoms with van der Waals surface area (Å²) in [6, 6.07) is 7.56. The van der Waals surface area contributed by atoms with Crippen LogP contribution in [0.15, 0.2) is 48.6 Å². The number of aliphatic hydroxyl groups is 7. The predicted octanol–water partition coefficient (Wildman–Crippen LogP) is -2.40. The third-order valence-electron chi connectivity index (χ3n) is 7.19. The predicted molar refractivity (Wildman–Crippen MR) is 154 cm³/mol. The van der Waals surface area contributed by atoms with Crippen molar-refractivity contribution >= 4 is 24.1 Å². The lowest BCUT2D eigenvalue weighted by molar-refractivity contribution is -0.291. The van der Waals surface area contributed by atoms with Gasteiger partial charge < -0.3 is 74.7 Å². The Hall–Kier alpha value is -4.30. The summed E-state index contributed by atoms with van der Waals surface area (Å²) in [6.45, 7) is -1.32. The summed E-state index contributed by atoms with van der Waals surface area (Å²) in [5, 5.41) is 99.4. The lowest BCUT2D eigenvalue weighted by Crippen LogP contribution is -2.60. The number of hydrogen-bond acceptors (Lipinski definition) is 17. The van der Waals surface area contributed by atoms with Gasteiger partial charge in [0.2, 0.25) is 12.6 Å². The molecule has 17 heteroatoms. The van der Waals surface area contributed by atoms with Crippen molar-refractivity contribution in [1.29, 1.82) is 0 Å². The first-order chi connectivity index (χ1) is 22.3. The molecule has 0 saturated carbocycles. The van der Waals surface area contributed by atoms with Crippen LogP contribution in [0.2, 0.25) is 0 Å². The van der Waals surface area contributed by atoms with Crippen LogP contribution < -0.4 is 4.74 Å². The largest absolute Gasteiger partial charge is 0.504 e. The maximum absolute atomic E-state index is 12.3. The topological polar surface area (TPSA) is 283 Å². The third kappa shape index (κ3) is 8.74. The highest BCUT2D eigenvalue weighted by atomic mass is 16.7. The van der Waals surface area contributed by atoms with E-state index in [4.69, 9.17) is 23.7 Å². The molecule has 0 aromatic heterocycles. The van der Waals surface area contributed by atoms with E-state index in [-0.39, 0.29) is 17.1 Å². The fourth-order valence-corrected chi connectivity index (χ4v) is 4.51. The second-order valence-corrected chi connectivity index (χ2v) is 10.5. The van der Waals surface area contributed by atoms with E-state index in [1.165, 1.54) is 42.5 Å². The van der Waals surface area contributed by atoms with Gasteiger partial charge in [0, 0.05) is 12.2 Å². The normalized spacial score (nSPS) is 31.1. The van der Waals surface area contributed by atoms with Crippen LogP contribution in [0.3, 0.4) is 0 Å². The van der Waals surface area contributed by atoms with Crippen molar-refractivity contribution in [2.24, 2.45) is 0 Å². The Morgan fingerprint density at radius 3 is 1.85 bits per heavy atom. The van der Waals surface area contributed by atoms with Gasteiger partial charge in [-0.15, -0.1) is 0 Å². The molecule has 17 nitrogen and oxygen atoms in total. The van der Waals surface area contributed by atoms with E-state index in [9.17, 15) is 60.7 Å². The van der Waals surface area contributed by atoms with Crippen LogP contribution >= 0.6 is 0 Å². The zero-order chi connectivity index (χ0) is 34.4. The van der Waals surface area contributed by atoms with Crippen molar-refractivity contribution in [3.63, 3.8) is 0 Å². The molecule has 0 radical (unpaired) electrons. The van der Waals surface area contributed by atoms with E-state index < -0.39 is 98.1 Å². The fraction of sp³-hybridized carbons (Fsp3) is 0.400. The molecule has 10 N–H and O–H groups in total. The molecule has 2 saturated heterocycles. The number of hydrogen-bond donors (Lipinski definition) is 10. The van der Waals surface area contributed by atoms with Crippen molar-refractivity contribution < 1.29 is 84.3 Å². The fourth-order valence-electron chi connectivity index (χ4n) is 4.51. The van der Waals surface area contributed by atoms with E-state index >= 15 is 0 Å². The van der Waals surface area contributed by atoms with E-state index in [2.05, 4.69) is 0 Å². The monoisotopic (exact) mass is 666 g/mol. The summed E-state index contributed by atoms with van der Waals surface area (Å²) in [4.78, 5) is 24.5. The molecule has 2 heterocycles. The van der Waals surface area contributed by atoms with Crippen molar-refractivity contribution in [3.05, 3.63) is 59.7 Å². The third-order valence-corrected chi connectivity index (χ3v) is 7.19. The molecule has 256 valence electrons. The summed E-state index contributed by atoms with van der Waals surface area (Å²) in [6.07, 6.45) is -12.3. The lowest BCUT2D eigenvalue weighted by atomic mass is 9.99. The van der Waals surface area contributed by atoms with Crippen LogP contribution in [0.4, 0.5) is 0 Å². The van der Waals surface area contributed by atoms with Crippen molar-refractivity contribution in [3.8, 4) is 23.0 Å². The molecule has 0 bridgehead atoms. The number of carbonyl (C=O) groups excluding carboxylic acids is 2. The number of phenols is 3. The average Bonchev–Trinajstić information content (AvgIpc) is 3.05. The van der Waals surface area contributed by atoms with Gasteiger partial charge in [-0.1, -0.05) is 12.1 Å². The van der Waals surface area contributed by atoms with Crippen LogP contribution in [0, 0.1) is 0 Å². The maximum atomic E-state index is 12.3. The van der Waals surface area contributed by atoms with Crippen LogP contribution in [-0.4, -0.2) is 138 Å². The molecule has 0 spiro atoms. The second kappa shape index (κ2) is 15.5. The highest BCUT2D eigenvalue weighted by Gasteiger charge is 2.46. The molecule has 2 aromatic rings. The van der Waals surface area contributed by atoms with Gasteiger partial charge in [-0.25, -0.2) is 9.59 Å². The van der Waals surface area contributed by atoms with E-state index in [1.807, 2.05) is 0 Å². The molecule has 0 unspecified atom stereocenters. The number of aromatic hydroxyl groups is 3. The minimum Gasteiger partial charge on any atom is -0.504 e. The van der Waals surface area contributed by atoms with E-state index in [0.717, 1.165) is 18.2 Å². The van der Waals surface area contributed by atoms with Gasteiger partial charge in [0.25, 0.3) is 0 Å². The Labute approximate surface area is 265 Å². The average molecular weight is 667 g/mol. The maximum Gasteiger partial charge on any atom is 0.333 e. The Morgan fingerprint density at radius 1 is 0.660 bits per heavy atom. The van der Waals surface area contributed by atoms with Gasteiger partial charge in [-0.05, 0) is 47.5 Å². The quantitative estimate of drug-likeness (QED) is 0.0719. The van der Waals surface area contributed by atoms with Gasteiger partial charge in [0.05, 0.1) is 6.61 Å². The molecule has 0 aliphatic carbocycles. The minimum atomic E-state index is -1.83. The number of ether oxygens (including phenoxy) is 5. The first-order valence-electron chi connectivity index (χ1n) is 14.0. The van der Waals surface area contributed by atoms with Gasteiger partial charge in [0.15, 0.2) is 23.0 Å². The Balaban J connectivity index is 1.36. The molecule has 10 atom stereocenters. The summed E-state index contributed by atoms with van der Waals surface area (Å²) in [7, 11) is 0. The number of aliphatic hydroxyl groups excluding tert-OH is 7. The first kappa shape index (κ1) is 35.6. The lowest BCUT2D eigenvalue weighted by Gasteiger charge is -2.39. The van der Waals surface area contributed by atoms with Gasteiger partial charge in [-0.2, -0.15) is 0 Å². The molecule has 2 aliphatic heterocycles. The molecular weight excluding hydrogens is 632 g/mol. The van der Waals surface area contributed by atoms with Crippen LogP contribution in [0.25, 0.3) is 12.2 Å². The zero-order valence-electron chi connectivity index (χ0n) is 24.3. The Morgan fingerprint density at radius 2 is 1.21 bits per heavy atom. The van der Waals surface area contributed by atoms with E-state index in [0.29, 0.717) is 5.56 Å². The molecular formula is C30H34O17. The summed E-state index contributed by atoms with van der Waals surface area (Å²) in [5.74, 6) is -3.44. The SMILES string of the molecule is O=C(/C=C/c1ccc(O)c(O)c1)OC[C@H]1O[C@@H](Oc2cc(/C=C/C(=O)O[C@@H]3O[C@H](CO)[C@@H](O)[C@H](O)[C@H]3O)ccc2O)[C@H](O)[C@@H](O)[C@@H]1O. The number of phenolic OH excluding ortho intramolecular Hbond substituents is 3. The Bertz CT molecular complexity index is 1460. The zero-order valence-corrected chi connectivity index (χ0v) is 24.3. The summed E-state index contributed by atoms with van der Waals surface area (Å²) >= 11 is 0. The van der Waals surface area contributed by atoms with E-state index in [1.54, 1.807) is 0 Å². The van der Waals surface area contributed by atoms with Gasteiger partial charge >= 0.3 is 11.9 Å². The van der Waals surface area contributed by atoms with Crippen molar-refractivity contribution in [2.75, 3.05) is 13.2 Å². The number of esters is 2. The highest BCUT2D eigenvalue weighted by molar-refractivity contribution is 5.87. The molecule has 47 heavy (non-hydrogen) atoms. The van der Waals surface area contributed by atoms with Gasteiger partial charge in [0.1, 0.15) is 55.4 Å². The smallest absolute Gasteiger partial charge is 0.333 e. The number of carbonyl (C=O) groups is 2. The van der Waals surface area contributed by atoms with Crippen LogP contribution in [0.1, 0.15) is 11.1 Å². The first-order valence-corrected chi connectivity index (χ1v) is 14.0. The Kier molecular flexibility index (Phi) is 11.7. The molecule has 4 rings (SSSR count). The molecule has 2 aliphatic rings. The summed E-state index contributed by atoms with van der Waals surface area (Å²) in [5.41, 5.74) is 0.592. The second-order valence-electron chi connectivity index (χ2n) is 10.5. The van der Waals surface area contributed by atoms with Crippen LogP contribution in [0.5, 0.6) is 23.0 Å². The standard InChI is InChI=1S/C30H34O17/c31-11-19-23(37)25(39)28(42)30(45-19)47-22(36)8-4-14-2-6-16(33)18(10-14)44-29-27(41)26(40)24(38)20(46-29)12-43-21(35)7-3-13-1-5-15(32)17(34)9-13/h1-10,19-20,23-34,37-42H,11-12H2/b7-3+,8-4+/t19-,20-,23-,24-,25+,26+,27-,28-,29-,30+/m1/s1. The van der Waals surface area contributed by atoms with Crippen LogP contribution in [-0.2, 0) is 28.5 Å². The van der Waals surface area contributed by atoms with Crippen molar-refractivity contribution in [2.45, 2.75) is 61.4 Å². The molecule has 2 aromatic carbocycles. The summed E-state index contributed by atoms with van der Waals surface area (Å²) < 4.78 is 26.2. The molecule has 2 fully saturated rings. The molecule has 0 amide bonds.